The smallest absolute Gasteiger partial charge is 0.271 e. The highest BCUT2D eigenvalue weighted by atomic mass is 16.6. The molecule has 0 spiro atoms. The fraction of sp³-hybridized carbons (Fsp3) is 0.207. The highest BCUT2D eigenvalue weighted by Gasteiger charge is 2.64. The SMILES string of the molecule is COc1ccc(OC)c(NC(=O)[C@@H]2[C@@H]3C(=O)N(c4cccc([N+](=O)[O-])c4)C(=O)[C@@H]3[C@@H]3C=Cc4ccccc4N23)c1. The number of nitro benzene ring substituents is 1. The Morgan fingerprint density at radius 2 is 1.73 bits per heavy atom. The molecule has 3 aromatic carbocycles. The summed E-state index contributed by atoms with van der Waals surface area (Å²) in [6.07, 6.45) is 3.72. The van der Waals surface area contributed by atoms with Crippen LogP contribution in [0.3, 0.4) is 0 Å². The molecule has 3 heterocycles. The summed E-state index contributed by atoms with van der Waals surface area (Å²) in [6, 6.07) is 16.2. The van der Waals surface area contributed by atoms with E-state index in [-0.39, 0.29) is 11.4 Å². The van der Waals surface area contributed by atoms with Crippen LogP contribution in [0.1, 0.15) is 5.56 Å². The Balaban J connectivity index is 1.44. The molecule has 2 saturated heterocycles. The lowest BCUT2D eigenvalue weighted by atomic mass is 9.88. The maximum Gasteiger partial charge on any atom is 0.271 e. The van der Waals surface area contributed by atoms with Crippen molar-refractivity contribution in [1.82, 2.24) is 0 Å². The van der Waals surface area contributed by atoms with Gasteiger partial charge in [0.05, 0.1) is 48.4 Å². The van der Waals surface area contributed by atoms with Crippen molar-refractivity contribution in [1.29, 1.82) is 0 Å². The molecule has 2 fully saturated rings. The zero-order chi connectivity index (χ0) is 28.1. The number of fused-ring (bicyclic) bond motifs is 5. The Bertz CT molecular complexity index is 1600. The summed E-state index contributed by atoms with van der Waals surface area (Å²) in [7, 11) is 2.97. The number of hydrogen-bond acceptors (Lipinski definition) is 8. The molecule has 11 heteroatoms. The molecule has 3 amide bonds. The van der Waals surface area contributed by atoms with Gasteiger partial charge in [-0.05, 0) is 29.8 Å². The van der Waals surface area contributed by atoms with Crippen molar-refractivity contribution >= 4 is 46.5 Å². The van der Waals surface area contributed by atoms with Crippen molar-refractivity contribution < 1.29 is 28.8 Å². The molecule has 0 unspecified atom stereocenters. The van der Waals surface area contributed by atoms with E-state index in [2.05, 4.69) is 5.32 Å². The van der Waals surface area contributed by atoms with Gasteiger partial charge < -0.3 is 19.7 Å². The summed E-state index contributed by atoms with van der Waals surface area (Å²) in [5, 5.41) is 14.3. The van der Waals surface area contributed by atoms with Crippen LogP contribution in [0.4, 0.5) is 22.7 Å². The quantitative estimate of drug-likeness (QED) is 0.285. The lowest BCUT2D eigenvalue weighted by molar-refractivity contribution is -0.384. The van der Waals surface area contributed by atoms with Gasteiger partial charge in [0, 0.05) is 23.9 Å². The van der Waals surface area contributed by atoms with E-state index in [1.54, 1.807) is 18.2 Å². The summed E-state index contributed by atoms with van der Waals surface area (Å²) in [5.74, 6) is -2.63. The molecule has 11 nitrogen and oxygen atoms in total. The van der Waals surface area contributed by atoms with Crippen LogP contribution < -0.4 is 24.6 Å². The Hall–Kier alpha value is -5.19. The number of carbonyl (C=O) groups excluding carboxylic acids is 3. The molecular formula is C29H24N4O7. The third-order valence-corrected chi connectivity index (χ3v) is 7.65. The van der Waals surface area contributed by atoms with Gasteiger partial charge in [-0.1, -0.05) is 36.4 Å². The van der Waals surface area contributed by atoms with E-state index in [1.165, 1.54) is 38.5 Å². The average Bonchev–Trinajstić information content (AvgIpc) is 3.45. The number of amides is 3. The van der Waals surface area contributed by atoms with Crippen molar-refractivity contribution in [3.05, 3.63) is 88.5 Å². The lowest BCUT2D eigenvalue weighted by Gasteiger charge is -2.36. The van der Waals surface area contributed by atoms with Gasteiger partial charge in [-0.15, -0.1) is 0 Å². The molecule has 3 aliphatic heterocycles. The number of carbonyl (C=O) groups is 3. The van der Waals surface area contributed by atoms with Crippen LogP contribution >= 0.6 is 0 Å². The number of rotatable bonds is 6. The standard InChI is InChI=1S/C29H24N4O7/c1-39-19-11-13-23(40-2)20(15-19)30-27(34)26-25-24(22-12-10-16-6-3-4-9-21(16)32(22)26)28(35)31(29(25)36)17-7-5-8-18(14-17)33(37)38/h3-15,22,24-26H,1-2H3,(H,30,34)/t22-,24+,25+,26-/m0/s1. The summed E-state index contributed by atoms with van der Waals surface area (Å²) in [6.45, 7) is 0. The first kappa shape index (κ1) is 25.1. The first-order valence-electron chi connectivity index (χ1n) is 12.5. The molecular weight excluding hydrogens is 516 g/mol. The fourth-order valence-electron chi connectivity index (χ4n) is 5.93. The number of nitro groups is 1. The molecule has 3 aromatic rings. The zero-order valence-electron chi connectivity index (χ0n) is 21.5. The van der Waals surface area contributed by atoms with Crippen LogP contribution in [0, 0.1) is 22.0 Å². The molecule has 40 heavy (non-hydrogen) atoms. The number of nitrogens with zero attached hydrogens (tertiary/aromatic N) is 3. The van der Waals surface area contributed by atoms with E-state index in [0.717, 1.165) is 16.2 Å². The molecule has 3 aliphatic rings. The number of ether oxygens (including phenoxy) is 2. The van der Waals surface area contributed by atoms with Gasteiger partial charge >= 0.3 is 0 Å². The highest BCUT2D eigenvalue weighted by molar-refractivity contribution is 6.25. The largest absolute Gasteiger partial charge is 0.497 e. The number of imide groups is 1. The third-order valence-electron chi connectivity index (χ3n) is 7.65. The van der Waals surface area contributed by atoms with Crippen LogP contribution in [0.2, 0.25) is 0 Å². The number of benzene rings is 3. The van der Waals surface area contributed by atoms with E-state index in [9.17, 15) is 24.5 Å². The molecule has 0 bridgehead atoms. The predicted octanol–water partition coefficient (Wildman–Crippen LogP) is 3.64. The minimum absolute atomic E-state index is 0.0963. The van der Waals surface area contributed by atoms with E-state index >= 15 is 0 Å². The fourth-order valence-corrected chi connectivity index (χ4v) is 5.93. The second-order valence-electron chi connectivity index (χ2n) is 9.66. The van der Waals surface area contributed by atoms with Crippen molar-refractivity contribution in [2.24, 2.45) is 11.8 Å². The van der Waals surface area contributed by atoms with E-state index in [4.69, 9.17) is 9.47 Å². The average molecular weight is 541 g/mol. The van der Waals surface area contributed by atoms with Crippen molar-refractivity contribution in [3.8, 4) is 11.5 Å². The Kier molecular flexibility index (Phi) is 5.98. The van der Waals surface area contributed by atoms with Crippen molar-refractivity contribution in [2.45, 2.75) is 12.1 Å². The summed E-state index contributed by atoms with van der Waals surface area (Å²) in [4.78, 5) is 55.5. The van der Waals surface area contributed by atoms with Crippen LogP contribution in [-0.4, -0.2) is 48.9 Å². The number of nitrogens with one attached hydrogen (secondary N) is 1. The molecule has 202 valence electrons. The first-order valence-corrected chi connectivity index (χ1v) is 12.5. The lowest BCUT2D eigenvalue weighted by Crippen LogP contribution is -2.50. The molecule has 0 radical (unpaired) electrons. The summed E-state index contributed by atoms with van der Waals surface area (Å²) >= 11 is 0. The number of anilines is 3. The molecule has 4 atom stereocenters. The van der Waals surface area contributed by atoms with Crippen LogP contribution in [0.15, 0.2) is 72.8 Å². The van der Waals surface area contributed by atoms with Crippen LogP contribution in [0.25, 0.3) is 6.08 Å². The minimum atomic E-state index is -1.06. The van der Waals surface area contributed by atoms with Gasteiger partial charge in [0.2, 0.25) is 17.7 Å². The normalized spacial score (nSPS) is 22.4. The maximum atomic E-state index is 14.1. The van der Waals surface area contributed by atoms with E-state index < -0.39 is 46.6 Å². The molecule has 6 rings (SSSR count). The molecule has 0 saturated carbocycles. The Morgan fingerprint density at radius 1 is 0.950 bits per heavy atom. The maximum absolute atomic E-state index is 14.1. The van der Waals surface area contributed by atoms with Crippen molar-refractivity contribution in [3.63, 3.8) is 0 Å². The van der Waals surface area contributed by atoms with E-state index in [1.807, 2.05) is 41.3 Å². The Morgan fingerprint density at radius 3 is 2.48 bits per heavy atom. The number of non-ortho nitro benzene ring substituents is 1. The van der Waals surface area contributed by atoms with Gasteiger partial charge in [0.1, 0.15) is 17.5 Å². The third kappa shape index (κ3) is 3.77. The van der Waals surface area contributed by atoms with Gasteiger partial charge in [-0.3, -0.25) is 24.5 Å². The number of hydrogen-bond donors (Lipinski definition) is 1. The molecule has 0 aromatic heterocycles. The predicted molar refractivity (Wildman–Crippen MR) is 146 cm³/mol. The van der Waals surface area contributed by atoms with E-state index in [0.29, 0.717) is 17.2 Å². The first-order chi connectivity index (χ1) is 19.3. The molecule has 1 N–H and O–H groups in total. The highest BCUT2D eigenvalue weighted by Crippen LogP contribution is 2.49. The number of methoxy groups -OCH3 is 2. The summed E-state index contributed by atoms with van der Waals surface area (Å²) < 4.78 is 10.7. The van der Waals surface area contributed by atoms with Gasteiger partial charge in [0.15, 0.2) is 0 Å². The van der Waals surface area contributed by atoms with Crippen LogP contribution in [0.5, 0.6) is 11.5 Å². The minimum Gasteiger partial charge on any atom is -0.497 e. The van der Waals surface area contributed by atoms with Crippen molar-refractivity contribution in [2.75, 3.05) is 29.3 Å². The van der Waals surface area contributed by atoms with Crippen LogP contribution in [-0.2, 0) is 14.4 Å². The topological polar surface area (TPSA) is 131 Å². The Labute approximate surface area is 228 Å². The number of para-hydroxylation sites is 1. The second-order valence-corrected chi connectivity index (χ2v) is 9.66. The summed E-state index contributed by atoms with van der Waals surface area (Å²) in [5.41, 5.74) is 1.78. The monoisotopic (exact) mass is 540 g/mol. The molecule has 0 aliphatic carbocycles. The van der Waals surface area contributed by atoms with Gasteiger partial charge in [-0.2, -0.15) is 0 Å². The van der Waals surface area contributed by atoms with Gasteiger partial charge in [0.25, 0.3) is 5.69 Å². The van der Waals surface area contributed by atoms with Gasteiger partial charge in [-0.25, -0.2) is 4.90 Å². The zero-order valence-corrected chi connectivity index (χ0v) is 21.5. The second kappa shape index (κ2) is 9.53.